The molecule has 3 aromatic rings. The minimum atomic E-state index is -3.86. The molecule has 0 aliphatic heterocycles. The van der Waals surface area contributed by atoms with Crippen LogP contribution in [0.4, 0.5) is 5.13 Å². The van der Waals surface area contributed by atoms with E-state index in [4.69, 9.17) is 0 Å². The van der Waals surface area contributed by atoms with Crippen LogP contribution in [0.5, 0.6) is 0 Å². The van der Waals surface area contributed by atoms with Crippen molar-refractivity contribution in [2.45, 2.75) is 11.8 Å². The molecule has 0 radical (unpaired) electrons. The fraction of sp³-hybridized carbons (Fsp3) is 0.167. The van der Waals surface area contributed by atoms with Gasteiger partial charge in [-0.3, -0.25) is 4.79 Å². The molecule has 8 nitrogen and oxygen atoms in total. The van der Waals surface area contributed by atoms with Gasteiger partial charge in [-0.05, 0) is 19.1 Å². The number of anilines is 1. The van der Waals surface area contributed by atoms with Gasteiger partial charge in [-0.25, -0.2) is 18.1 Å². The van der Waals surface area contributed by atoms with Crippen LogP contribution in [-0.2, 0) is 14.8 Å². The van der Waals surface area contributed by atoms with Gasteiger partial charge in [0, 0.05) is 5.38 Å². The van der Waals surface area contributed by atoms with Crippen molar-refractivity contribution in [1.29, 1.82) is 0 Å². The van der Waals surface area contributed by atoms with Gasteiger partial charge in [-0.1, -0.05) is 6.07 Å². The average molecular weight is 369 g/mol. The van der Waals surface area contributed by atoms with Gasteiger partial charge in [-0.15, -0.1) is 11.3 Å². The Kier molecular flexibility index (Phi) is 4.35. The standard InChI is InChI=1S/C12H11N5O3S3/c1-7-6-21-12(14-7)15-10(18)5-13-23(19,20)9-4-2-3-8-11(9)17-22-16-8/h2-4,6,13H,5H2,1H3,(H,14,15,18). The molecule has 0 fully saturated rings. The van der Waals surface area contributed by atoms with Crippen LogP contribution in [0.1, 0.15) is 5.69 Å². The number of fused-ring (bicyclic) bond motifs is 1. The maximum absolute atomic E-state index is 12.3. The predicted molar refractivity (Wildman–Crippen MR) is 88.1 cm³/mol. The van der Waals surface area contributed by atoms with E-state index in [2.05, 4.69) is 23.8 Å². The van der Waals surface area contributed by atoms with Crippen molar-refractivity contribution in [1.82, 2.24) is 18.5 Å². The van der Waals surface area contributed by atoms with Crippen LogP contribution >= 0.6 is 23.1 Å². The smallest absolute Gasteiger partial charge is 0.243 e. The first-order chi connectivity index (χ1) is 11.0. The van der Waals surface area contributed by atoms with E-state index in [0.29, 0.717) is 16.2 Å². The highest BCUT2D eigenvalue weighted by molar-refractivity contribution is 7.89. The van der Waals surface area contributed by atoms with Crippen molar-refractivity contribution in [2.75, 3.05) is 11.9 Å². The SMILES string of the molecule is Cc1csc(NC(=O)CNS(=O)(=O)c2cccc3nsnc23)n1. The van der Waals surface area contributed by atoms with Crippen LogP contribution in [0.2, 0.25) is 0 Å². The molecule has 23 heavy (non-hydrogen) atoms. The van der Waals surface area contributed by atoms with Crippen molar-refractivity contribution >= 4 is 55.2 Å². The lowest BCUT2D eigenvalue weighted by molar-refractivity contribution is -0.115. The van der Waals surface area contributed by atoms with Gasteiger partial charge in [0.2, 0.25) is 15.9 Å². The molecule has 3 rings (SSSR count). The molecule has 120 valence electrons. The number of carbonyl (C=O) groups excluding carboxylic acids is 1. The van der Waals surface area contributed by atoms with Gasteiger partial charge in [0.15, 0.2) is 5.13 Å². The Bertz CT molecular complexity index is 963. The molecule has 0 unspecified atom stereocenters. The first-order valence-electron chi connectivity index (χ1n) is 6.38. The van der Waals surface area contributed by atoms with Crippen molar-refractivity contribution < 1.29 is 13.2 Å². The van der Waals surface area contributed by atoms with E-state index >= 15 is 0 Å². The zero-order valence-electron chi connectivity index (χ0n) is 11.8. The third kappa shape index (κ3) is 3.52. The third-order valence-corrected chi connectivity index (χ3v) is 5.68. The Hall–Kier alpha value is -1.95. The molecule has 0 spiro atoms. The molecule has 2 heterocycles. The molecule has 2 N–H and O–H groups in total. The minimum absolute atomic E-state index is 0.00152. The lowest BCUT2D eigenvalue weighted by atomic mass is 10.3. The second-order valence-electron chi connectivity index (χ2n) is 4.55. The quantitative estimate of drug-likeness (QED) is 0.702. The van der Waals surface area contributed by atoms with Crippen LogP contribution in [0.15, 0.2) is 28.5 Å². The fourth-order valence-electron chi connectivity index (χ4n) is 1.81. The number of hydrogen-bond donors (Lipinski definition) is 2. The topological polar surface area (TPSA) is 114 Å². The highest BCUT2D eigenvalue weighted by Gasteiger charge is 2.20. The van der Waals surface area contributed by atoms with Gasteiger partial charge in [-0.2, -0.15) is 8.75 Å². The molecule has 0 aliphatic rings. The van der Waals surface area contributed by atoms with E-state index in [1.54, 1.807) is 24.4 Å². The summed E-state index contributed by atoms with van der Waals surface area (Å²) in [5.41, 5.74) is 1.58. The molecule has 1 amide bonds. The fourth-order valence-corrected chi connectivity index (χ4v) is 4.26. The molecule has 0 saturated carbocycles. The second kappa shape index (κ2) is 6.28. The highest BCUT2D eigenvalue weighted by Crippen LogP contribution is 2.20. The first-order valence-corrected chi connectivity index (χ1v) is 9.48. The molecule has 2 aromatic heterocycles. The van der Waals surface area contributed by atoms with Crippen molar-refractivity contribution in [2.24, 2.45) is 0 Å². The molecule has 11 heteroatoms. The van der Waals surface area contributed by atoms with Gasteiger partial charge in [0.25, 0.3) is 0 Å². The Morgan fingerprint density at radius 3 is 2.87 bits per heavy atom. The normalized spacial score (nSPS) is 11.7. The van der Waals surface area contributed by atoms with Crippen molar-refractivity contribution in [3.8, 4) is 0 Å². The zero-order chi connectivity index (χ0) is 16.4. The van der Waals surface area contributed by atoms with Gasteiger partial charge in [0.1, 0.15) is 15.9 Å². The predicted octanol–water partition coefficient (Wildman–Crippen LogP) is 1.37. The molecule has 0 bridgehead atoms. The van der Waals surface area contributed by atoms with Crippen molar-refractivity contribution in [3.05, 3.63) is 29.3 Å². The number of aromatic nitrogens is 3. The van der Waals surface area contributed by atoms with E-state index in [1.165, 1.54) is 17.4 Å². The summed E-state index contributed by atoms with van der Waals surface area (Å²) in [7, 11) is -3.86. The Labute approximate surface area is 140 Å². The molecule has 0 atom stereocenters. The number of benzene rings is 1. The van der Waals surface area contributed by atoms with Crippen LogP contribution < -0.4 is 10.0 Å². The average Bonchev–Trinajstić information content (AvgIpc) is 3.13. The van der Waals surface area contributed by atoms with E-state index in [1.807, 2.05) is 0 Å². The summed E-state index contributed by atoms with van der Waals surface area (Å²) in [5.74, 6) is -0.494. The van der Waals surface area contributed by atoms with Crippen LogP contribution in [0, 0.1) is 6.92 Å². The summed E-state index contributed by atoms with van der Waals surface area (Å²) in [5, 5.41) is 4.75. The number of nitrogens with one attached hydrogen (secondary N) is 2. The van der Waals surface area contributed by atoms with E-state index in [-0.39, 0.29) is 4.90 Å². The Morgan fingerprint density at radius 2 is 2.13 bits per heavy atom. The van der Waals surface area contributed by atoms with E-state index in [9.17, 15) is 13.2 Å². The number of thiazole rings is 1. The first kappa shape index (κ1) is 15.9. The van der Waals surface area contributed by atoms with Gasteiger partial charge in [0.05, 0.1) is 24.0 Å². The van der Waals surface area contributed by atoms with Crippen LogP contribution in [0.3, 0.4) is 0 Å². The lowest BCUT2D eigenvalue weighted by Crippen LogP contribution is -2.33. The van der Waals surface area contributed by atoms with Crippen LogP contribution in [-0.4, -0.2) is 34.6 Å². The summed E-state index contributed by atoms with van der Waals surface area (Å²) >= 11 is 2.21. The summed E-state index contributed by atoms with van der Waals surface area (Å²) in [6, 6.07) is 4.68. The molecule has 0 saturated heterocycles. The molecule has 0 aliphatic carbocycles. The molecular formula is C12H11N5O3S3. The number of amides is 1. The summed E-state index contributed by atoms with van der Waals surface area (Å²) in [6.07, 6.45) is 0. The zero-order valence-corrected chi connectivity index (χ0v) is 14.3. The Balaban J connectivity index is 1.71. The third-order valence-electron chi connectivity index (χ3n) is 2.83. The van der Waals surface area contributed by atoms with Crippen LogP contribution in [0.25, 0.3) is 11.0 Å². The summed E-state index contributed by atoms with van der Waals surface area (Å²) in [6.45, 7) is 1.41. The van der Waals surface area contributed by atoms with E-state index < -0.39 is 22.5 Å². The number of nitrogens with zero attached hydrogens (tertiary/aromatic N) is 3. The van der Waals surface area contributed by atoms with Crippen molar-refractivity contribution in [3.63, 3.8) is 0 Å². The number of hydrogen-bond acceptors (Lipinski definition) is 8. The van der Waals surface area contributed by atoms with Gasteiger partial charge >= 0.3 is 0 Å². The number of aryl methyl sites for hydroxylation is 1. The Morgan fingerprint density at radius 1 is 1.30 bits per heavy atom. The second-order valence-corrected chi connectivity index (χ2v) is 7.68. The summed E-state index contributed by atoms with van der Waals surface area (Å²) in [4.78, 5) is 15.9. The monoisotopic (exact) mass is 369 g/mol. The molecule has 1 aromatic carbocycles. The minimum Gasteiger partial charge on any atom is -0.301 e. The maximum atomic E-state index is 12.3. The van der Waals surface area contributed by atoms with Gasteiger partial charge < -0.3 is 5.32 Å². The summed E-state index contributed by atoms with van der Waals surface area (Å²) < 4.78 is 34.9. The highest BCUT2D eigenvalue weighted by atomic mass is 32.2. The van der Waals surface area contributed by atoms with E-state index in [0.717, 1.165) is 17.4 Å². The largest absolute Gasteiger partial charge is 0.301 e. The molecular weight excluding hydrogens is 358 g/mol. The maximum Gasteiger partial charge on any atom is 0.243 e. The number of sulfonamides is 1. The number of carbonyl (C=O) groups is 1. The lowest BCUT2D eigenvalue weighted by Gasteiger charge is -2.06. The number of rotatable bonds is 5.